The van der Waals surface area contributed by atoms with Crippen molar-refractivity contribution in [2.75, 3.05) is 13.1 Å². The fraction of sp³-hybridized carbons (Fsp3) is 0.923. The molecule has 0 aromatic carbocycles. The van der Waals surface area contributed by atoms with Crippen LogP contribution in [0.15, 0.2) is 0 Å². The van der Waals surface area contributed by atoms with E-state index in [2.05, 4.69) is 0 Å². The van der Waals surface area contributed by atoms with Crippen molar-refractivity contribution in [3.05, 3.63) is 0 Å². The molecule has 0 radical (unpaired) electrons. The van der Waals surface area contributed by atoms with Crippen LogP contribution < -0.4 is 4.90 Å². The van der Waals surface area contributed by atoms with Gasteiger partial charge in [-0.2, -0.15) is 0 Å². The number of carbonyl (C=O) groups is 1. The molecule has 0 unspecified atom stereocenters. The minimum atomic E-state index is 0.450. The number of hydrogen-bond acceptors (Lipinski definition) is 1. The fourth-order valence-corrected chi connectivity index (χ4v) is 4.13. The van der Waals surface area contributed by atoms with E-state index in [0.29, 0.717) is 23.7 Å². The molecule has 2 nitrogen and oxygen atoms in total. The lowest BCUT2D eigenvalue weighted by molar-refractivity contribution is -0.917. The first kappa shape index (κ1) is 9.83. The van der Waals surface area contributed by atoms with Gasteiger partial charge in [-0.05, 0) is 19.3 Å². The summed E-state index contributed by atoms with van der Waals surface area (Å²) in [7, 11) is 0. The highest BCUT2D eigenvalue weighted by atomic mass is 16.1. The van der Waals surface area contributed by atoms with Gasteiger partial charge in [-0.3, -0.25) is 4.79 Å². The van der Waals surface area contributed by atoms with Gasteiger partial charge < -0.3 is 4.90 Å². The molecular weight excluding hydrogens is 186 g/mol. The van der Waals surface area contributed by atoms with E-state index in [1.54, 1.807) is 4.90 Å². The number of hydrogen-bond donors (Lipinski definition) is 1. The maximum absolute atomic E-state index is 12.2. The summed E-state index contributed by atoms with van der Waals surface area (Å²) in [6.07, 6.45) is 9.00. The van der Waals surface area contributed by atoms with Crippen molar-refractivity contribution in [1.29, 1.82) is 0 Å². The van der Waals surface area contributed by atoms with Crippen LogP contribution in [0.4, 0.5) is 0 Å². The molecule has 2 bridgehead atoms. The van der Waals surface area contributed by atoms with Crippen molar-refractivity contribution >= 4 is 5.78 Å². The zero-order valence-electron chi connectivity index (χ0n) is 9.50. The van der Waals surface area contributed by atoms with Gasteiger partial charge in [0.1, 0.15) is 5.78 Å². The summed E-state index contributed by atoms with van der Waals surface area (Å²) in [5.74, 6) is 1.55. The second-order valence-corrected chi connectivity index (χ2v) is 5.69. The lowest BCUT2D eigenvalue weighted by Gasteiger charge is -2.40. The summed E-state index contributed by atoms with van der Waals surface area (Å²) in [6.45, 7) is 2.66. The number of fused-ring (bicyclic) bond motifs is 2. The van der Waals surface area contributed by atoms with E-state index in [1.807, 2.05) is 0 Å². The van der Waals surface area contributed by atoms with Crippen molar-refractivity contribution in [3.8, 4) is 0 Å². The summed E-state index contributed by atoms with van der Waals surface area (Å²) in [5, 5.41) is 0. The van der Waals surface area contributed by atoms with Gasteiger partial charge in [0.05, 0.1) is 25.0 Å². The fourth-order valence-electron chi connectivity index (χ4n) is 4.13. The maximum atomic E-state index is 12.2. The summed E-state index contributed by atoms with van der Waals surface area (Å²) >= 11 is 0. The Kier molecular flexibility index (Phi) is 2.55. The normalized spacial score (nSPS) is 42.1. The van der Waals surface area contributed by atoms with Crippen molar-refractivity contribution < 1.29 is 9.69 Å². The lowest BCUT2D eigenvalue weighted by atomic mass is 9.68. The third kappa shape index (κ3) is 1.63. The van der Waals surface area contributed by atoms with Gasteiger partial charge in [-0.1, -0.05) is 6.42 Å². The average Bonchev–Trinajstić information content (AvgIpc) is 2.70. The van der Waals surface area contributed by atoms with Gasteiger partial charge in [0.25, 0.3) is 0 Å². The molecule has 0 aromatic rings. The Bertz CT molecular complexity index is 257. The molecule has 0 aromatic heterocycles. The van der Waals surface area contributed by atoms with Crippen LogP contribution in [0.3, 0.4) is 0 Å². The standard InChI is InChI=1S/C13H21NO/c15-13-10-4-3-5-11(13)12(7-6-10)14-8-1-2-9-14/h10-12H,1-9H2/p+1/t10-,11-,12+/m0/s1. The van der Waals surface area contributed by atoms with E-state index < -0.39 is 0 Å². The molecular formula is C13H22NO+. The summed E-state index contributed by atoms with van der Waals surface area (Å²) < 4.78 is 0. The Morgan fingerprint density at radius 3 is 2.53 bits per heavy atom. The maximum Gasteiger partial charge on any atom is 0.144 e. The van der Waals surface area contributed by atoms with E-state index >= 15 is 0 Å². The molecule has 1 N–H and O–H groups in total. The van der Waals surface area contributed by atoms with Gasteiger partial charge in [0, 0.05) is 25.2 Å². The highest BCUT2D eigenvalue weighted by Gasteiger charge is 2.45. The second-order valence-electron chi connectivity index (χ2n) is 5.69. The summed E-state index contributed by atoms with van der Waals surface area (Å²) in [5.41, 5.74) is 0. The van der Waals surface area contributed by atoms with E-state index in [4.69, 9.17) is 0 Å². The number of Topliss-reactive ketones (excluding diaryl/α,β-unsaturated/α-hetero) is 1. The molecule has 1 aliphatic heterocycles. The van der Waals surface area contributed by atoms with E-state index in [-0.39, 0.29) is 0 Å². The number of ketones is 1. The molecule has 1 heterocycles. The minimum Gasteiger partial charge on any atom is -0.332 e. The highest BCUT2D eigenvalue weighted by molar-refractivity contribution is 5.85. The van der Waals surface area contributed by atoms with Crippen LogP contribution in [0.2, 0.25) is 0 Å². The summed E-state index contributed by atoms with van der Waals surface area (Å²) in [4.78, 5) is 13.9. The topological polar surface area (TPSA) is 21.5 Å². The summed E-state index contributed by atoms with van der Waals surface area (Å²) in [6, 6.07) is 0.705. The van der Waals surface area contributed by atoms with Crippen molar-refractivity contribution in [1.82, 2.24) is 0 Å². The predicted octanol–water partition coefficient (Wildman–Crippen LogP) is 0.813. The largest absolute Gasteiger partial charge is 0.332 e. The van der Waals surface area contributed by atoms with Gasteiger partial charge in [-0.15, -0.1) is 0 Å². The highest BCUT2D eigenvalue weighted by Crippen LogP contribution is 2.36. The van der Waals surface area contributed by atoms with E-state index in [1.165, 1.54) is 58.0 Å². The molecule has 2 heteroatoms. The van der Waals surface area contributed by atoms with Gasteiger partial charge in [0.15, 0.2) is 0 Å². The Balaban J connectivity index is 1.75. The molecule has 0 spiro atoms. The smallest absolute Gasteiger partial charge is 0.144 e. The lowest BCUT2D eigenvalue weighted by Crippen LogP contribution is -3.15. The average molecular weight is 208 g/mol. The van der Waals surface area contributed by atoms with Crippen LogP contribution in [0.25, 0.3) is 0 Å². The van der Waals surface area contributed by atoms with Gasteiger partial charge in [-0.25, -0.2) is 0 Å². The van der Waals surface area contributed by atoms with E-state index in [9.17, 15) is 4.79 Å². The van der Waals surface area contributed by atoms with Crippen LogP contribution in [0, 0.1) is 11.8 Å². The Labute approximate surface area is 92.0 Å². The van der Waals surface area contributed by atoms with Crippen LogP contribution in [-0.2, 0) is 4.79 Å². The first-order chi connectivity index (χ1) is 7.36. The number of nitrogens with one attached hydrogen (secondary N) is 1. The van der Waals surface area contributed by atoms with Gasteiger partial charge in [0.2, 0.25) is 0 Å². The third-order valence-corrected chi connectivity index (χ3v) is 4.92. The van der Waals surface area contributed by atoms with Crippen molar-refractivity contribution in [2.24, 2.45) is 11.8 Å². The monoisotopic (exact) mass is 208 g/mol. The number of quaternary nitrogens is 1. The van der Waals surface area contributed by atoms with Crippen LogP contribution in [0.1, 0.15) is 44.9 Å². The number of likely N-dealkylation sites (tertiary alicyclic amines) is 1. The molecule has 2 aliphatic carbocycles. The van der Waals surface area contributed by atoms with E-state index in [0.717, 1.165) is 0 Å². The molecule has 2 saturated carbocycles. The number of carbonyl (C=O) groups excluding carboxylic acids is 1. The molecule has 3 atom stereocenters. The zero-order valence-corrected chi connectivity index (χ0v) is 9.50. The van der Waals surface area contributed by atoms with Crippen molar-refractivity contribution in [2.45, 2.75) is 51.0 Å². The SMILES string of the molecule is O=C1[C@H]2CCC[C@H]1[C@H]([NH+]1CCCC1)CC2. The third-order valence-electron chi connectivity index (χ3n) is 4.92. The van der Waals surface area contributed by atoms with Crippen LogP contribution in [-0.4, -0.2) is 24.9 Å². The van der Waals surface area contributed by atoms with Gasteiger partial charge >= 0.3 is 0 Å². The molecule has 1 saturated heterocycles. The first-order valence-corrected chi connectivity index (χ1v) is 6.74. The molecule has 3 fully saturated rings. The predicted molar refractivity (Wildman–Crippen MR) is 58.8 cm³/mol. The first-order valence-electron chi connectivity index (χ1n) is 6.74. The van der Waals surface area contributed by atoms with Crippen LogP contribution >= 0.6 is 0 Å². The molecule has 0 amide bonds. The van der Waals surface area contributed by atoms with Crippen molar-refractivity contribution in [3.63, 3.8) is 0 Å². The molecule has 15 heavy (non-hydrogen) atoms. The quantitative estimate of drug-likeness (QED) is 0.677. The minimum absolute atomic E-state index is 0.450. The Hall–Kier alpha value is -0.370. The molecule has 84 valence electrons. The second kappa shape index (κ2) is 3.89. The zero-order chi connectivity index (χ0) is 10.3. The Morgan fingerprint density at radius 2 is 1.73 bits per heavy atom. The van der Waals surface area contributed by atoms with Crippen LogP contribution in [0.5, 0.6) is 0 Å². The Morgan fingerprint density at radius 1 is 0.933 bits per heavy atom. The molecule has 3 aliphatic rings. The molecule has 3 rings (SSSR count). The number of rotatable bonds is 1.